The summed E-state index contributed by atoms with van der Waals surface area (Å²) < 4.78 is 5.40. The number of rotatable bonds is 3. The van der Waals surface area contributed by atoms with Crippen LogP contribution in [0.3, 0.4) is 0 Å². The van der Waals surface area contributed by atoms with E-state index in [1.165, 1.54) is 5.01 Å². The highest BCUT2D eigenvalue weighted by molar-refractivity contribution is 7.09. The predicted octanol–water partition coefficient (Wildman–Crippen LogP) is 1.23. The number of morpholine rings is 1. The van der Waals surface area contributed by atoms with E-state index in [0.29, 0.717) is 18.9 Å². The van der Waals surface area contributed by atoms with Crippen LogP contribution in [0, 0.1) is 0 Å². The third-order valence-electron chi connectivity index (χ3n) is 4.07. The number of amides is 1. The third-order valence-corrected chi connectivity index (χ3v) is 5.01. The molecule has 1 aromatic rings. The van der Waals surface area contributed by atoms with Gasteiger partial charge in [-0.3, -0.25) is 4.79 Å². The van der Waals surface area contributed by atoms with E-state index in [1.54, 1.807) is 11.3 Å². The second-order valence-corrected chi connectivity index (χ2v) is 6.38. The monoisotopic (exact) mass is 295 g/mol. The number of nitrogens with zero attached hydrogens (tertiary/aromatic N) is 2. The van der Waals surface area contributed by atoms with Crippen molar-refractivity contribution in [3.63, 3.8) is 0 Å². The number of likely N-dealkylation sites (tertiary alicyclic amines) is 1. The van der Waals surface area contributed by atoms with Gasteiger partial charge in [0.15, 0.2) is 0 Å². The van der Waals surface area contributed by atoms with Crippen molar-refractivity contribution in [2.45, 2.75) is 31.2 Å². The SMILES string of the molecule is O=C(CC1COCCN1)N1CCC(c2nccs2)CC1. The molecule has 0 aromatic carbocycles. The van der Waals surface area contributed by atoms with Gasteiger partial charge in [-0.25, -0.2) is 4.98 Å². The van der Waals surface area contributed by atoms with Crippen LogP contribution in [0.15, 0.2) is 11.6 Å². The van der Waals surface area contributed by atoms with E-state index < -0.39 is 0 Å². The van der Waals surface area contributed by atoms with Crippen molar-refractivity contribution in [3.8, 4) is 0 Å². The number of hydrogen-bond donors (Lipinski definition) is 1. The number of ether oxygens (including phenoxy) is 1. The van der Waals surface area contributed by atoms with Crippen LogP contribution in [-0.4, -0.2) is 54.7 Å². The zero-order chi connectivity index (χ0) is 13.8. The molecule has 1 N–H and O–H groups in total. The molecular weight excluding hydrogens is 274 g/mol. The Balaban J connectivity index is 1.46. The Kier molecular flexibility index (Phi) is 4.65. The average molecular weight is 295 g/mol. The number of nitrogens with one attached hydrogen (secondary N) is 1. The van der Waals surface area contributed by atoms with Crippen LogP contribution in [0.25, 0.3) is 0 Å². The summed E-state index contributed by atoms with van der Waals surface area (Å²) in [5.41, 5.74) is 0. The second-order valence-electron chi connectivity index (χ2n) is 5.46. The quantitative estimate of drug-likeness (QED) is 0.911. The topological polar surface area (TPSA) is 54.5 Å². The van der Waals surface area contributed by atoms with Gasteiger partial charge < -0.3 is 15.0 Å². The van der Waals surface area contributed by atoms with Crippen LogP contribution < -0.4 is 5.32 Å². The molecule has 20 heavy (non-hydrogen) atoms. The molecule has 2 fully saturated rings. The molecule has 0 spiro atoms. The van der Waals surface area contributed by atoms with Gasteiger partial charge in [0, 0.05) is 49.6 Å². The van der Waals surface area contributed by atoms with E-state index in [0.717, 1.165) is 39.1 Å². The van der Waals surface area contributed by atoms with Crippen molar-refractivity contribution in [2.75, 3.05) is 32.8 Å². The predicted molar refractivity (Wildman–Crippen MR) is 77.9 cm³/mol. The summed E-state index contributed by atoms with van der Waals surface area (Å²) in [6.45, 7) is 3.97. The molecule has 2 saturated heterocycles. The Morgan fingerprint density at radius 3 is 3.00 bits per heavy atom. The Hall–Kier alpha value is -0.980. The first-order valence-corrected chi connectivity index (χ1v) is 8.19. The molecule has 0 saturated carbocycles. The average Bonchev–Trinajstić information content (AvgIpc) is 3.03. The summed E-state index contributed by atoms with van der Waals surface area (Å²) >= 11 is 1.73. The van der Waals surface area contributed by atoms with Crippen molar-refractivity contribution >= 4 is 17.2 Å². The zero-order valence-corrected chi connectivity index (χ0v) is 12.4. The van der Waals surface area contributed by atoms with Crippen LogP contribution in [0.2, 0.25) is 0 Å². The van der Waals surface area contributed by atoms with E-state index in [9.17, 15) is 4.79 Å². The standard InChI is InChI=1S/C14H21N3O2S/c18-13(9-12-10-19-7-3-15-12)17-5-1-11(2-6-17)14-16-4-8-20-14/h4,8,11-12,15H,1-3,5-7,9-10H2. The number of hydrogen-bond acceptors (Lipinski definition) is 5. The minimum Gasteiger partial charge on any atom is -0.378 e. The molecule has 3 heterocycles. The maximum absolute atomic E-state index is 12.3. The fourth-order valence-corrected chi connectivity index (χ4v) is 3.71. The first-order chi connectivity index (χ1) is 9.83. The Labute approximate surface area is 123 Å². The fraction of sp³-hybridized carbons (Fsp3) is 0.714. The molecule has 1 atom stereocenters. The summed E-state index contributed by atoms with van der Waals surface area (Å²) in [6.07, 6.45) is 4.50. The highest BCUT2D eigenvalue weighted by Gasteiger charge is 2.27. The molecule has 0 aliphatic carbocycles. The van der Waals surface area contributed by atoms with E-state index in [2.05, 4.69) is 10.3 Å². The molecule has 3 rings (SSSR count). The fourth-order valence-electron chi connectivity index (χ4n) is 2.90. The number of carbonyl (C=O) groups is 1. The van der Waals surface area contributed by atoms with Crippen LogP contribution in [0.1, 0.15) is 30.2 Å². The number of carbonyl (C=O) groups excluding carboxylic acids is 1. The normalized spacial score (nSPS) is 24.8. The summed E-state index contributed by atoms with van der Waals surface area (Å²) in [4.78, 5) is 18.7. The van der Waals surface area contributed by atoms with E-state index in [1.807, 2.05) is 16.5 Å². The first-order valence-electron chi connectivity index (χ1n) is 7.31. The zero-order valence-electron chi connectivity index (χ0n) is 11.6. The molecule has 0 bridgehead atoms. The van der Waals surface area contributed by atoms with Gasteiger partial charge in [0.2, 0.25) is 5.91 Å². The Morgan fingerprint density at radius 2 is 2.35 bits per heavy atom. The van der Waals surface area contributed by atoms with Gasteiger partial charge in [0.05, 0.1) is 18.2 Å². The molecule has 0 radical (unpaired) electrons. The molecule has 1 amide bonds. The largest absolute Gasteiger partial charge is 0.378 e. The van der Waals surface area contributed by atoms with E-state index in [-0.39, 0.29) is 11.9 Å². The lowest BCUT2D eigenvalue weighted by molar-refractivity contribution is -0.133. The molecule has 1 unspecified atom stereocenters. The van der Waals surface area contributed by atoms with E-state index >= 15 is 0 Å². The molecule has 110 valence electrons. The van der Waals surface area contributed by atoms with Gasteiger partial charge in [-0.05, 0) is 12.8 Å². The number of thiazole rings is 1. The van der Waals surface area contributed by atoms with Gasteiger partial charge in [-0.1, -0.05) is 0 Å². The molecule has 2 aliphatic rings. The summed E-state index contributed by atoms with van der Waals surface area (Å²) in [7, 11) is 0. The van der Waals surface area contributed by atoms with Crippen molar-refractivity contribution in [1.82, 2.24) is 15.2 Å². The highest BCUT2D eigenvalue weighted by atomic mass is 32.1. The number of piperidine rings is 1. The highest BCUT2D eigenvalue weighted by Crippen LogP contribution is 2.29. The van der Waals surface area contributed by atoms with Crippen molar-refractivity contribution in [1.29, 1.82) is 0 Å². The van der Waals surface area contributed by atoms with Crippen molar-refractivity contribution < 1.29 is 9.53 Å². The summed E-state index contributed by atoms with van der Waals surface area (Å²) in [5, 5.41) is 6.59. The van der Waals surface area contributed by atoms with Crippen LogP contribution in [-0.2, 0) is 9.53 Å². The molecule has 5 nitrogen and oxygen atoms in total. The molecule has 2 aliphatic heterocycles. The first kappa shape index (κ1) is 14.0. The summed E-state index contributed by atoms with van der Waals surface area (Å²) in [5.74, 6) is 0.792. The van der Waals surface area contributed by atoms with Gasteiger partial charge in [-0.15, -0.1) is 11.3 Å². The minimum absolute atomic E-state index is 0.188. The van der Waals surface area contributed by atoms with Crippen molar-refractivity contribution in [3.05, 3.63) is 16.6 Å². The van der Waals surface area contributed by atoms with Crippen molar-refractivity contribution in [2.24, 2.45) is 0 Å². The van der Waals surface area contributed by atoms with Gasteiger partial charge in [-0.2, -0.15) is 0 Å². The lowest BCUT2D eigenvalue weighted by atomic mass is 9.97. The smallest absolute Gasteiger partial charge is 0.224 e. The number of aromatic nitrogens is 1. The second kappa shape index (κ2) is 6.65. The minimum atomic E-state index is 0.188. The van der Waals surface area contributed by atoms with E-state index in [4.69, 9.17) is 4.74 Å². The Bertz CT molecular complexity index is 424. The van der Waals surface area contributed by atoms with Crippen LogP contribution >= 0.6 is 11.3 Å². The lowest BCUT2D eigenvalue weighted by Gasteiger charge is -2.33. The third kappa shape index (κ3) is 3.37. The summed E-state index contributed by atoms with van der Waals surface area (Å²) in [6, 6.07) is 0.188. The van der Waals surface area contributed by atoms with Gasteiger partial charge in [0.1, 0.15) is 0 Å². The maximum atomic E-state index is 12.3. The van der Waals surface area contributed by atoms with Crippen LogP contribution in [0.5, 0.6) is 0 Å². The molecule has 1 aromatic heterocycles. The van der Waals surface area contributed by atoms with Crippen LogP contribution in [0.4, 0.5) is 0 Å². The van der Waals surface area contributed by atoms with Gasteiger partial charge in [0.25, 0.3) is 0 Å². The molecule has 6 heteroatoms. The maximum Gasteiger partial charge on any atom is 0.224 e. The lowest BCUT2D eigenvalue weighted by Crippen LogP contribution is -2.46. The van der Waals surface area contributed by atoms with Gasteiger partial charge >= 0.3 is 0 Å². The Morgan fingerprint density at radius 1 is 1.50 bits per heavy atom. The molecular formula is C14H21N3O2S.